The summed E-state index contributed by atoms with van der Waals surface area (Å²) >= 11 is 0. The molecule has 0 saturated heterocycles. The third kappa shape index (κ3) is 5.09. The minimum atomic E-state index is -0.909. The van der Waals surface area contributed by atoms with Crippen molar-refractivity contribution < 1.29 is 23.4 Å². The number of aliphatic hydroxyl groups is 1. The van der Waals surface area contributed by atoms with E-state index >= 15 is 0 Å². The predicted molar refractivity (Wildman–Crippen MR) is 107 cm³/mol. The number of benzene rings is 2. The van der Waals surface area contributed by atoms with Crippen molar-refractivity contribution >= 4 is 11.6 Å². The Morgan fingerprint density at radius 2 is 1.93 bits per heavy atom. The highest BCUT2D eigenvalue weighted by molar-refractivity contribution is 5.90. The first-order valence-corrected chi connectivity index (χ1v) is 9.14. The van der Waals surface area contributed by atoms with Crippen LogP contribution in [0, 0.1) is 18.6 Å². The third-order valence-corrected chi connectivity index (χ3v) is 4.51. The second kappa shape index (κ2) is 9.32. The monoisotopic (exact) mass is 414 g/mol. The van der Waals surface area contributed by atoms with Gasteiger partial charge in [0.25, 0.3) is 0 Å². The number of hydrogen-bond acceptors (Lipinski definition) is 4. The summed E-state index contributed by atoms with van der Waals surface area (Å²) in [6, 6.07) is 11.5. The second-order valence-electron chi connectivity index (χ2n) is 6.67. The van der Waals surface area contributed by atoms with Crippen LogP contribution >= 0.6 is 0 Å². The number of carbonyl (C=O) groups is 1. The first kappa shape index (κ1) is 21.2. The van der Waals surface area contributed by atoms with Crippen LogP contribution in [0.25, 0.3) is 0 Å². The SMILES string of the molecule is Cc1ccccc1COc1cn(CC(=O)Nc2ccc(F)cc2F)c(CO)cc1=O. The summed E-state index contributed by atoms with van der Waals surface area (Å²) in [7, 11) is 0. The van der Waals surface area contributed by atoms with Crippen molar-refractivity contribution in [3.05, 3.63) is 93.4 Å². The Bertz CT molecular complexity index is 1130. The number of aromatic nitrogens is 1. The first-order valence-electron chi connectivity index (χ1n) is 9.14. The zero-order chi connectivity index (χ0) is 21.7. The molecule has 0 saturated carbocycles. The lowest BCUT2D eigenvalue weighted by molar-refractivity contribution is -0.116. The Kier molecular flexibility index (Phi) is 6.58. The molecule has 1 amide bonds. The minimum absolute atomic E-state index is 0.0104. The van der Waals surface area contributed by atoms with Gasteiger partial charge in [-0.25, -0.2) is 8.78 Å². The maximum Gasteiger partial charge on any atom is 0.244 e. The van der Waals surface area contributed by atoms with Crippen LogP contribution in [-0.4, -0.2) is 15.6 Å². The zero-order valence-corrected chi connectivity index (χ0v) is 16.2. The molecule has 0 atom stereocenters. The highest BCUT2D eigenvalue weighted by Crippen LogP contribution is 2.16. The van der Waals surface area contributed by atoms with E-state index in [0.717, 1.165) is 23.3 Å². The van der Waals surface area contributed by atoms with Gasteiger partial charge in [-0.1, -0.05) is 24.3 Å². The highest BCUT2D eigenvalue weighted by atomic mass is 19.1. The van der Waals surface area contributed by atoms with Crippen molar-refractivity contribution in [2.75, 3.05) is 5.32 Å². The number of amides is 1. The summed E-state index contributed by atoms with van der Waals surface area (Å²) in [5, 5.41) is 11.9. The van der Waals surface area contributed by atoms with Gasteiger partial charge in [-0.2, -0.15) is 0 Å². The number of rotatable bonds is 7. The van der Waals surface area contributed by atoms with Gasteiger partial charge in [0.2, 0.25) is 11.3 Å². The van der Waals surface area contributed by atoms with Crippen molar-refractivity contribution in [3.63, 3.8) is 0 Å². The van der Waals surface area contributed by atoms with E-state index in [4.69, 9.17) is 4.74 Å². The van der Waals surface area contributed by atoms with E-state index in [0.29, 0.717) is 6.07 Å². The predicted octanol–water partition coefficient (Wildman–Crippen LogP) is 3.14. The van der Waals surface area contributed by atoms with Crippen molar-refractivity contribution in [2.45, 2.75) is 26.7 Å². The van der Waals surface area contributed by atoms with Crippen LogP contribution < -0.4 is 15.5 Å². The first-order chi connectivity index (χ1) is 14.4. The number of ether oxygens (including phenoxy) is 1. The van der Waals surface area contributed by atoms with E-state index in [1.54, 1.807) is 0 Å². The van der Waals surface area contributed by atoms with E-state index in [9.17, 15) is 23.5 Å². The fraction of sp³-hybridized carbons (Fsp3) is 0.182. The lowest BCUT2D eigenvalue weighted by atomic mass is 10.1. The van der Waals surface area contributed by atoms with Crippen LogP contribution in [0.15, 0.2) is 59.5 Å². The third-order valence-electron chi connectivity index (χ3n) is 4.51. The molecule has 6 nitrogen and oxygen atoms in total. The Hall–Kier alpha value is -3.52. The number of aryl methyl sites for hydroxylation is 1. The van der Waals surface area contributed by atoms with Gasteiger partial charge in [0.15, 0.2) is 5.75 Å². The zero-order valence-electron chi connectivity index (χ0n) is 16.2. The quantitative estimate of drug-likeness (QED) is 0.623. The molecule has 0 radical (unpaired) electrons. The van der Waals surface area contributed by atoms with Gasteiger partial charge in [-0.05, 0) is 30.2 Å². The van der Waals surface area contributed by atoms with Gasteiger partial charge < -0.3 is 19.7 Å². The molecule has 8 heteroatoms. The van der Waals surface area contributed by atoms with Crippen molar-refractivity contribution in [3.8, 4) is 5.75 Å². The largest absolute Gasteiger partial charge is 0.483 e. The Morgan fingerprint density at radius 1 is 1.17 bits per heavy atom. The van der Waals surface area contributed by atoms with Gasteiger partial charge in [-0.15, -0.1) is 0 Å². The molecule has 3 aromatic rings. The number of halogens is 2. The van der Waals surface area contributed by atoms with E-state index < -0.39 is 29.6 Å². The maximum atomic E-state index is 13.7. The number of hydrogen-bond donors (Lipinski definition) is 2. The van der Waals surface area contributed by atoms with E-state index in [1.807, 2.05) is 31.2 Å². The van der Waals surface area contributed by atoms with Gasteiger partial charge >= 0.3 is 0 Å². The number of aliphatic hydroxyl groups excluding tert-OH is 1. The lowest BCUT2D eigenvalue weighted by Crippen LogP contribution is -2.23. The number of anilines is 1. The fourth-order valence-electron chi connectivity index (χ4n) is 2.85. The Labute approximate surface area is 171 Å². The van der Waals surface area contributed by atoms with Crippen molar-refractivity contribution in [1.29, 1.82) is 0 Å². The van der Waals surface area contributed by atoms with Gasteiger partial charge in [0, 0.05) is 17.8 Å². The van der Waals surface area contributed by atoms with Gasteiger partial charge in [0.1, 0.15) is 24.8 Å². The molecule has 1 heterocycles. The summed E-state index contributed by atoms with van der Waals surface area (Å²) < 4.78 is 33.7. The molecule has 1 aromatic heterocycles. The molecule has 0 aliphatic carbocycles. The average Bonchev–Trinajstić information content (AvgIpc) is 2.71. The summed E-state index contributed by atoms with van der Waals surface area (Å²) in [6.45, 7) is 1.29. The topological polar surface area (TPSA) is 80.6 Å². The van der Waals surface area contributed by atoms with E-state index in [2.05, 4.69) is 5.32 Å². The van der Waals surface area contributed by atoms with Crippen LogP contribution in [0.2, 0.25) is 0 Å². The molecule has 0 aliphatic rings. The average molecular weight is 414 g/mol. The van der Waals surface area contributed by atoms with Crippen LogP contribution in [0.5, 0.6) is 5.75 Å². The van der Waals surface area contributed by atoms with Gasteiger partial charge in [0.05, 0.1) is 18.5 Å². The lowest BCUT2D eigenvalue weighted by Gasteiger charge is -2.15. The molecule has 0 unspecified atom stereocenters. The molecule has 0 bridgehead atoms. The molecule has 3 rings (SSSR count). The molecular weight excluding hydrogens is 394 g/mol. The minimum Gasteiger partial charge on any atom is -0.483 e. The summed E-state index contributed by atoms with van der Waals surface area (Å²) in [4.78, 5) is 24.6. The molecule has 2 N–H and O–H groups in total. The number of nitrogens with one attached hydrogen (secondary N) is 1. The normalized spacial score (nSPS) is 10.7. The van der Waals surface area contributed by atoms with Crippen LogP contribution in [0.4, 0.5) is 14.5 Å². The Balaban J connectivity index is 1.78. The van der Waals surface area contributed by atoms with E-state index in [-0.39, 0.29) is 30.3 Å². The van der Waals surface area contributed by atoms with Crippen LogP contribution in [0.3, 0.4) is 0 Å². The summed E-state index contributed by atoms with van der Waals surface area (Å²) in [6.07, 6.45) is 1.33. The van der Waals surface area contributed by atoms with E-state index in [1.165, 1.54) is 16.8 Å². The molecule has 0 fully saturated rings. The van der Waals surface area contributed by atoms with Gasteiger partial charge in [-0.3, -0.25) is 9.59 Å². The molecular formula is C22H20F2N2O4. The smallest absolute Gasteiger partial charge is 0.244 e. The van der Waals surface area contributed by atoms with Crippen LogP contribution in [0.1, 0.15) is 16.8 Å². The van der Waals surface area contributed by atoms with Crippen molar-refractivity contribution in [1.82, 2.24) is 4.57 Å². The summed E-state index contributed by atoms with van der Waals surface area (Å²) in [5.41, 5.74) is 1.49. The van der Waals surface area contributed by atoms with Crippen molar-refractivity contribution in [2.24, 2.45) is 0 Å². The Morgan fingerprint density at radius 3 is 2.63 bits per heavy atom. The molecule has 30 heavy (non-hydrogen) atoms. The van der Waals surface area contributed by atoms with Crippen LogP contribution in [-0.2, 0) is 24.6 Å². The fourth-order valence-corrected chi connectivity index (χ4v) is 2.85. The number of nitrogens with zero attached hydrogens (tertiary/aromatic N) is 1. The molecule has 156 valence electrons. The maximum absolute atomic E-state index is 13.7. The molecule has 0 aliphatic heterocycles. The number of carbonyl (C=O) groups excluding carboxylic acids is 1. The highest BCUT2D eigenvalue weighted by Gasteiger charge is 2.13. The number of pyridine rings is 1. The standard InChI is InChI=1S/C22H20F2N2O4/c1-14-4-2-3-5-15(14)13-30-21-10-26(17(12-27)9-20(21)28)11-22(29)25-19-7-6-16(23)8-18(19)24/h2-10,27H,11-13H2,1H3,(H,25,29). The second-order valence-corrected chi connectivity index (χ2v) is 6.67. The molecule has 0 spiro atoms. The molecule has 2 aromatic carbocycles. The summed E-state index contributed by atoms with van der Waals surface area (Å²) in [5.74, 6) is -2.28.